The molecule has 0 saturated heterocycles. The van der Waals surface area contributed by atoms with Crippen molar-refractivity contribution in [1.29, 1.82) is 0 Å². The second-order valence-electron chi connectivity index (χ2n) is 4.90. The summed E-state index contributed by atoms with van der Waals surface area (Å²) < 4.78 is 7.30. The van der Waals surface area contributed by atoms with Crippen LogP contribution in [0.3, 0.4) is 0 Å². The smallest absolute Gasteiger partial charge is 0.342 e. The Kier molecular flexibility index (Phi) is 5.08. The number of aryl methyl sites for hydroxylation is 2. The van der Waals surface area contributed by atoms with Gasteiger partial charge in [-0.3, -0.25) is 4.68 Å². The molecule has 2 aromatic heterocycles. The van der Waals surface area contributed by atoms with E-state index in [9.17, 15) is 0 Å². The molecule has 21 heavy (non-hydrogen) atoms. The van der Waals surface area contributed by atoms with E-state index in [2.05, 4.69) is 39.2 Å². The fourth-order valence-corrected chi connectivity index (χ4v) is 1.84. The molecule has 0 bridgehead atoms. The van der Waals surface area contributed by atoms with Crippen molar-refractivity contribution >= 4 is 5.82 Å². The van der Waals surface area contributed by atoms with Gasteiger partial charge in [-0.05, 0) is 19.8 Å². The minimum atomic E-state index is 0.295. The minimum absolute atomic E-state index is 0.295. The molecule has 2 heterocycles. The number of anilines is 1. The van der Waals surface area contributed by atoms with Crippen molar-refractivity contribution in [3.05, 3.63) is 17.7 Å². The molecule has 0 aromatic carbocycles. The van der Waals surface area contributed by atoms with Crippen LogP contribution in [0.5, 0.6) is 11.9 Å². The molecule has 2 aromatic rings. The summed E-state index contributed by atoms with van der Waals surface area (Å²) in [5.41, 5.74) is 0.871. The maximum atomic E-state index is 5.70. The van der Waals surface area contributed by atoms with Gasteiger partial charge in [-0.25, -0.2) is 4.98 Å². The number of hydrogen-bond acceptors (Lipinski definition) is 6. The van der Waals surface area contributed by atoms with Gasteiger partial charge in [-0.15, -0.1) is 5.10 Å². The monoisotopic (exact) mass is 290 g/mol. The summed E-state index contributed by atoms with van der Waals surface area (Å²) >= 11 is 0. The Labute approximate surface area is 124 Å². The van der Waals surface area contributed by atoms with Crippen LogP contribution in [0, 0.1) is 6.92 Å². The first-order valence-electron chi connectivity index (χ1n) is 7.28. The molecule has 0 radical (unpaired) electrons. The van der Waals surface area contributed by atoms with Crippen molar-refractivity contribution in [1.82, 2.24) is 24.7 Å². The van der Waals surface area contributed by atoms with Crippen LogP contribution in [0.1, 0.15) is 38.1 Å². The van der Waals surface area contributed by atoms with E-state index in [0.29, 0.717) is 11.9 Å². The van der Waals surface area contributed by atoms with E-state index in [0.717, 1.165) is 43.0 Å². The van der Waals surface area contributed by atoms with Crippen molar-refractivity contribution in [3.63, 3.8) is 0 Å². The van der Waals surface area contributed by atoms with Crippen LogP contribution in [-0.2, 0) is 13.5 Å². The fraction of sp³-hybridized carbons (Fsp3) is 0.571. The Balaban J connectivity index is 2.30. The lowest BCUT2D eigenvalue weighted by Gasteiger charge is -2.12. The van der Waals surface area contributed by atoms with Crippen molar-refractivity contribution in [3.8, 4) is 11.9 Å². The highest BCUT2D eigenvalue weighted by molar-refractivity contribution is 5.49. The third-order valence-electron chi connectivity index (χ3n) is 2.93. The zero-order valence-corrected chi connectivity index (χ0v) is 13.1. The molecular weight excluding hydrogens is 268 g/mol. The van der Waals surface area contributed by atoms with Crippen LogP contribution in [0.25, 0.3) is 0 Å². The summed E-state index contributed by atoms with van der Waals surface area (Å²) in [6.07, 6.45) is 4.42. The van der Waals surface area contributed by atoms with Crippen molar-refractivity contribution in [2.45, 2.75) is 40.0 Å². The molecule has 0 aliphatic heterocycles. The van der Waals surface area contributed by atoms with E-state index >= 15 is 0 Å². The lowest BCUT2D eigenvalue weighted by molar-refractivity contribution is 0.416. The normalized spacial score (nSPS) is 10.7. The Hall–Kier alpha value is -2.18. The quantitative estimate of drug-likeness (QED) is 0.844. The van der Waals surface area contributed by atoms with Gasteiger partial charge in [0, 0.05) is 20.0 Å². The molecule has 0 atom stereocenters. The maximum absolute atomic E-state index is 5.70. The average molecular weight is 290 g/mol. The van der Waals surface area contributed by atoms with Crippen LogP contribution in [0.2, 0.25) is 0 Å². The number of hydrogen-bond donors (Lipinski definition) is 1. The van der Waals surface area contributed by atoms with Gasteiger partial charge in [-0.1, -0.05) is 13.8 Å². The fourth-order valence-electron chi connectivity index (χ4n) is 1.84. The van der Waals surface area contributed by atoms with E-state index in [1.165, 1.54) is 0 Å². The molecule has 0 aliphatic rings. The third kappa shape index (κ3) is 3.90. The summed E-state index contributed by atoms with van der Waals surface area (Å²) in [7, 11) is 1.80. The molecule has 7 nitrogen and oxygen atoms in total. The Morgan fingerprint density at radius 2 is 2.05 bits per heavy atom. The molecule has 114 valence electrons. The molecular formula is C14H22N6O. The van der Waals surface area contributed by atoms with Gasteiger partial charge in [0.1, 0.15) is 18.0 Å². The lowest BCUT2D eigenvalue weighted by Crippen LogP contribution is -2.09. The van der Waals surface area contributed by atoms with E-state index < -0.39 is 0 Å². The number of nitrogens with one attached hydrogen (secondary N) is 1. The molecule has 0 saturated carbocycles. The van der Waals surface area contributed by atoms with E-state index in [1.54, 1.807) is 18.1 Å². The average Bonchev–Trinajstić information content (AvgIpc) is 2.86. The number of aromatic nitrogens is 5. The number of rotatable bonds is 7. The molecule has 0 spiro atoms. The molecule has 0 unspecified atom stereocenters. The van der Waals surface area contributed by atoms with Gasteiger partial charge in [0.15, 0.2) is 0 Å². The van der Waals surface area contributed by atoms with Gasteiger partial charge >= 0.3 is 6.01 Å². The lowest BCUT2D eigenvalue weighted by atomic mass is 10.2. The molecule has 7 heteroatoms. The summed E-state index contributed by atoms with van der Waals surface area (Å²) in [4.78, 5) is 13.1. The standard InChI is InChI=1S/C14H22N6O/c1-5-7-11-17-12(15-8-6-2)10(3)13(18-11)21-14-16-9-20(4)19-14/h9H,5-8H2,1-4H3,(H,15,17,18). The van der Waals surface area contributed by atoms with E-state index in [4.69, 9.17) is 4.74 Å². The first kappa shape index (κ1) is 15.2. The molecule has 2 rings (SSSR count). The maximum Gasteiger partial charge on any atom is 0.342 e. The summed E-state index contributed by atoms with van der Waals surface area (Å²) in [5.74, 6) is 2.10. The van der Waals surface area contributed by atoms with E-state index in [1.807, 2.05) is 6.92 Å². The second kappa shape index (κ2) is 7.01. The van der Waals surface area contributed by atoms with E-state index in [-0.39, 0.29) is 0 Å². The van der Waals surface area contributed by atoms with Crippen LogP contribution in [-0.4, -0.2) is 31.3 Å². The van der Waals surface area contributed by atoms with Gasteiger partial charge in [0.2, 0.25) is 5.88 Å². The van der Waals surface area contributed by atoms with Crippen molar-refractivity contribution < 1.29 is 4.74 Å². The summed E-state index contributed by atoms with van der Waals surface area (Å²) in [6, 6.07) is 0.295. The van der Waals surface area contributed by atoms with Gasteiger partial charge in [0.05, 0.1) is 5.56 Å². The summed E-state index contributed by atoms with van der Waals surface area (Å²) in [5, 5.41) is 7.43. The highest BCUT2D eigenvalue weighted by Crippen LogP contribution is 2.25. The Morgan fingerprint density at radius 1 is 1.24 bits per heavy atom. The second-order valence-corrected chi connectivity index (χ2v) is 4.90. The SMILES string of the molecule is CCCNc1nc(CCC)nc(Oc2ncn(C)n2)c1C. The van der Waals surface area contributed by atoms with Crippen molar-refractivity contribution in [2.24, 2.45) is 7.05 Å². The van der Waals surface area contributed by atoms with Crippen molar-refractivity contribution in [2.75, 3.05) is 11.9 Å². The third-order valence-corrected chi connectivity index (χ3v) is 2.93. The zero-order valence-electron chi connectivity index (χ0n) is 13.1. The number of ether oxygens (including phenoxy) is 1. The number of nitrogens with zero attached hydrogens (tertiary/aromatic N) is 5. The molecule has 0 aliphatic carbocycles. The first-order chi connectivity index (χ1) is 10.1. The molecule has 0 amide bonds. The van der Waals surface area contributed by atoms with Gasteiger partial charge < -0.3 is 10.1 Å². The topological polar surface area (TPSA) is 77.8 Å². The molecule has 0 fully saturated rings. The molecule has 1 N–H and O–H groups in total. The summed E-state index contributed by atoms with van der Waals surface area (Å²) in [6.45, 7) is 7.02. The Morgan fingerprint density at radius 3 is 2.67 bits per heavy atom. The highest BCUT2D eigenvalue weighted by Gasteiger charge is 2.14. The van der Waals surface area contributed by atoms with Crippen LogP contribution < -0.4 is 10.1 Å². The van der Waals surface area contributed by atoms with Crippen LogP contribution in [0.15, 0.2) is 6.33 Å². The first-order valence-corrected chi connectivity index (χ1v) is 7.28. The minimum Gasteiger partial charge on any atom is -0.404 e. The van der Waals surface area contributed by atoms with Gasteiger partial charge in [0.25, 0.3) is 0 Å². The van der Waals surface area contributed by atoms with Crippen LogP contribution >= 0.6 is 0 Å². The predicted molar refractivity (Wildman–Crippen MR) is 80.6 cm³/mol. The Bertz CT molecular complexity index is 595. The van der Waals surface area contributed by atoms with Crippen LogP contribution in [0.4, 0.5) is 5.82 Å². The largest absolute Gasteiger partial charge is 0.404 e. The zero-order chi connectivity index (χ0) is 15.2. The predicted octanol–water partition coefficient (Wildman–Crippen LogP) is 2.48. The highest BCUT2D eigenvalue weighted by atomic mass is 16.5. The van der Waals surface area contributed by atoms with Gasteiger partial charge in [-0.2, -0.15) is 9.97 Å².